The number of hydrogen-bond acceptors (Lipinski definition) is 4. The molecule has 0 aliphatic heterocycles. The monoisotopic (exact) mass is 396 g/mol. The molecule has 0 bridgehead atoms. The summed E-state index contributed by atoms with van der Waals surface area (Å²) in [6, 6.07) is 6.89. The Kier molecular flexibility index (Phi) is 3.50. The number of aromatic nitrogens is 2. The molecule has 2 aromatic heterocycles. The average molecular weight is 396 g/mol. The maximum atomic E-state index is 12.0. The second kappa shape index (κ2) is 5.32. The van der Waals surface area contributed by atoms with Crippen LogP contribution in [0, 0.1) is 3.57 Å². The third-order valence-electron chi connectivity index (χ3n) is 3.06. The highest BCUT2D eigenvalue weighted by molar-refractivity contribution is 14.1. The normalized spacial score (nSPS) is 10.9. The summed E-state index contributed by atoms with van der Waals surface area (Å²) in [5.41, 5.74) is 0.329. The highest BCUT2D eigenvalue weighted by atomic mass is 127. The molecule has 7 heteroatoms. The summed E-state index contributed by atoms with van der Waals surface area (Å²) >= 11 is 1.89. The van der Waals surface area contributed by atoms with Crippen LogP contribution in [0.4, 0.5) is 0 Å². The van der Waals surface area contributed by atoms with Gasteiger partial charge in [0.2, 0.25) is 0 Å². The number of carboxylic acid groups (broad SMARTS) is 1. The highest BCUT2D eigenvalue weighted by Gasteiger charge is 2.20. The SMILES string of the molecule is O=C(O)c1c(Cn2cncc(I)c2=O)oc2ccccc12. The van der Waals surface area contributed by atoms with Gasteiger partial charge in [0.05, 0.1) is 16.4 Å². The molecule has 6 nitrogen and oxygen atoms in total. The van der Waals surface area contributed by atoms with Gasteiger partial charge in [-0.15, -0.1) is 0 Å². The van der Waals surface area contributed by atoms with Crippen LogP contribution in [0.1, 0.15) is 16.1 Å². The van der Waals surface area contributed by atoms with E-state index in [0.29, 0.717) is 14.5 Å². The first-order valence-corrected chi connectivity index (χ1v) is 7.09. The molecule has 0 atom stereocenters. The summed E-state index contributed by atoms with van der Waals surface area (Å²) in [5.74, 6) is -0.851. The number of para-hydroxylation sites is 1. The lowest BCUT2D eigenvalue weighted by Gasteiger charge is -2.03. The molecular formula is C14H9IN2O4. The molecular weight excluding hydrogens is 387 g/mol. The fourth-order valence-electron chi connectivity index (χ4n) is 2.13. The minimum Gasteiger partial charge on any atom is -0.478 e. The molecule has 0 unspecified atom stereocenters. The van der Waals surface area contributed by atoms with E-state index in [4.69, 9.17) is 4.42 Å². The molecule has 0 spiro atoms. The average Bonchev–Trinajstić information content (AvgIpc) is 2.82. The van der Waals surface area contributed by atoms with Crippen molar-refractivity contribution in [3.05, 3.63) is 62.0 Å². The quantitative estimate of drug-likeness (QED) is 0.687. The van der Waals surface area contributed by atoms with Gasteiger partial charge in [-0.3, -0.25) is 9.36 Å². The zero-order valence-electron chi connectivity index (χ0n) is 10.6. The molecule has 0 aliphatic rings. The number of hydrogen-bond donors (Lipinski definition) is 1. The lowest BCUT2D eigenvalue weighted by atomic mass is 10.1. The third-order valence-corrected chi connectivity index (χ3v) is 3.80. The number of benzene rings is 1. The number of furan rings is 1. The molecule has 0 radical (unpaired) electrons. The van der Waals surface area contributed by atoms with E-state index in [1.54, 1.807) is 24.3 Å². The number of carbonyl (C=O) groups is 1. The van der Waals surface area contributed by atoms with Gasteiger partial charge in [-0.2, -0.15) is 0 Å². The summed E-state index contributed by atoms with van der Waals surface area (Å²) in [7, 11) is 0. The second-order valence-corrected chi connectivity index (χ2v) is 5.54. The van der Waals surface area contributed by atoms with Gasteiger partial charge in [0.15, 0.2) is 0 Å². The Hall–Kier alpha value is -2.16. The van der Waals surface area contributed by atoms with E-state index in [0.717, 1.165) is 0 Å². The number of halogens is 1. The molecule has 3 rings (SSSR count). The Morgan fingerprint density at radius 1 is 1.38 bits per heavy atom. The number of fused-ring (bicyclic) bond motifs is 1. The Labute approximate surface area is 132 Å². The summed E-state index contributed by atoms with van der Waals surface area (Å²) in [5, 5.41) is 9.91. The summed E-state index contributed by atoms with van der Waals surface area (Å²) in [4.78, 5) is 27.4. The van der Waals surface area contributed by atoms with E-state index >= 15 is 0 Å². The number of rotatable bonds is 3. The summed E-state index contributed by atoms with van der Waals surface area (Å²) < 4.78 is 7.38. The Morgan fingerprint density at radius 3 is 2.90 bits per heavy atom. The lowest BCUT2D eigenvalue weighted by Crippen LogP contribution is -2.23. The van der Waals surface area contributed by atoms with E-state index in [9.17, 15) is 14.7 Å². The maximum Gasteiger partial charge on any atom is 0.339 e. The molecule has 106 valence electrons. The topological polar surface area (TPSA) is 85.3 Å². The van der Waals surface area contributed by atoms with Crippen LogP contribution in [0.2, 0.25) is 0 Å². The van der Waals surface area contributed by atoms with Crippen LogP contribution in [0.25, 0.3) is 11.0 Å². The van der Waals surface area contributed by atoms with Crippen LogP contribution in [0.5, 0.6) is 0 Å². The van der Waals surface area contributed by atoms with Crippen LogP contribution >= 0.6 is 22.6 Å². The molecule has 2 heterocycles. The van der Waals surface area contributed by atoms with Crippen LogP contribution < -0.4 is 5.56 Å². The fraction of sp³-hybridized carbons (Fsp3) is 0.0714. The molecule has 0 saturated carbocycles. The van der Waals surface area contributed by atoms with Crippen molar-refractivity contribution in [3.8, 4) is 0 Å². The zero-order chi connectivity index (χ0) is 15.0. The van der Waals surface area contributed by atoms with Gasteiger partial charge in [0.25, 0.3) is 5.56 Å². The number of nitrogens with zero attached hydrogens (tertiary/aromatic N) is 2. The van der Waals surface area contributed by atoms with E-state index < -0.39 is 5.97 Å². The number of carboxylic acids is 1. The van der Waals surface area contributed by atoms with E-state index in [-0.39, 0.29) is 23.4 Å². The smallest absolute Gasteiger partial charge is 0.339 e. The van der Waals surface area contributed by atoms with Gasteiger partial charge in [0, 0.05) is 11.6 Å². The molecule has 3 aromatic rings. The first kappa shape index (κ1) is 13.8. The van der Waals surface area contributed by atoms with Crippen molar-refractivity contribution in [2.24, 2.45) is 0 Å². The standard InChI is InChI=1S/C14H9IN2O4/c15-9-5-16-7-17(13(9)18)6-11-12(14(19)20)8-3-1-2-4-10(8)21-11/h1-5,7H,6H2,(H,19,20). The van der Waals surface area contributed by atoms with Crippen molar-refractivity contribution in [1.82, 2.24) is 9.55 Å². The predicted octanol–water partition coefficient (Wildman–Crippen LogP) is 2.34. The van der Waals surface area contributed by atoms with Gasteiger partial charge in [0.1, 0.15) is 16.9 Å². The first-order valence-electron chi connectivity index (χ1n) is 6.01. The van der Waals surface area contributed by atoms with Crippen LogP contribution in [0.15, 0.2) is 46.0 Å². The Balaban J connectivity index is 2.16. The van der Waals surface area contributed by atoms with Crippen molar-refractivity contribution in [1.29, 1.82) is 0 Å². The lowest BCUT2D eigenvalue weighted by molar-refractivity contribution is 0.0696. The molecule has 0 fully saturated rings. The van der Waals surface area contributed by atoms with Crippen LogP contribution in [-0.4, -0.2) is 20.6 Å². The van der Waals surface area contributed by atoms with Gasteiger partial charge in [-0.05, 0) is 28.7 Å². The molecule has 0 amide bonds. The highest BCUT2D eigenvalue weighted by Crippen LogP contribution is 2.26. The van der Waals surface area contributed by atoms with Crippen molar-refractivity contribution in [2.45, 2.75) is 6.54 Å². The zero-order valence-corrected chi connectivity index (χ0v) is 12.8. The van der Waals surface area contributed by atoms with Crippen molar-refractivity contribution >= 4 is 39.5 Å². The van der Waals surface area contributed by atoms with Crippen molar-refractivity contribution < 1.29 is 14.3 Å². The van der Waals surface area contributed by atoms with Gasteiger partial charge in [-0.25, -0.2) is 9.78 Å². The third kappa shape index (κ3) is 2.44. The minimum absolute atomic E-state index is 0.0268. The van der Waals surface area contributed by atoms with E-state index in [2.05, 4.69) is 4.98 Å². The molecule has 0 aliphatic carbocycles. The Morgan fingerprint density at radius 2 is 2.14 bits per heavy atom. The van der Waals surface area contributed by atoms with E-state index in [1.165, 1.54) is 17.1 Å². The Bertz CT molecular complexity index is 897. The summed E-state index contributed by atoms with van der Waals surface area (Å²) in [6.07, 6.45) is 2.82. The summed E-state index contributed by atoms with van der Waals surface area (Å²) in [6.45, 7) is 0.0268. The van der Waals surface area contributed by atoms with Crippen LogP contribution in [0.3, 0.4) is 0 Å². The molecule has 0 saturated heterocycles. The molecule has 21 heavy (non-hydrogen) atoms. The van der Waals surface area contributed by atoms with Crippen molar-refractivity contribution in [2.75, 3.05) is 0 Å². The molecule has 1 N–H and O–H groups in total. The van der Waals surface area contributed by atoms with Crippen molar-refractivity contribution in [3.63, 3.8) is 0 Å². The minimum atomic E-state index is -1.08. The van der Waals surface area contributed by atoms with Gasteiger partial charge in [-0.1, -0.05) is 18.2 Å². The second-order valence-electron chi connectivity index (χ2n) is 4.38. The van der Waals surface area contributed by atoms with E-state index in [1.807, 2.05) is 22.6 Å². The fourth-order valence-corrected chi connectivity index (χ4v) is 2.60. The number of aromatic carboxylic acids is 1. The van der Waals surface area contributed by atoms with Gasteiger partial charge >= 0.3 is 5.97 Å². The maximum absolute atomic E-state index is 12.0. The largest absolute Gasteiger partial charge is 0.478 e. The molecule has 1 aromatic carbocycles. The van der Waals surface area contributed by atoms with Gasteiger partial charge < -0.3 is 9.52 Å². The van der Waals surface area contributed by atoms with Crippen LogP contribution in [-0.2, 0) is 6.54 Å². The first-order chi connectivity index (χ1) is 10.1. The predicted molar refractivity (Wildman–Crippen MR) is 83.5 cm³/mol.